The van der Waals surface area contributed by atoms with Crippen molar-refractivity contribution in [3.8, 4) is 0 Å². The molecular weight excluding hydrogens is 321 g/mol. The van der Waals surface area contributed by atoms with Crippen LogP contribution >= 0.6 is 0 Å². The monoisotopic (exact) mass is 338 g/mol. The Morgan fingerprint density at radius 1 is 1.17 bits per heavy atom. The zero-order valence-corrected chi connectivity index (χ0v) is 13.0. The van der Waals surface area contributed by atoms with Gasteiger partial charge in [-0.3, -0.25) is 9.20 Å². The van der Waals surface area contributed by atoms with Gasteiger partial charge in [-0.25, -0.2) is 0 Å². The molecule has 0 unspecified atom stereocenters. The molecule has 1 aliphatic carbocycles. The van der Waals surface area contributed by atoms with Gasteiger partial charge in [-0.1, -0.05) is 0 Å². The molecule has 0 spiro atoms. The number of hydrogen-bond donors (Lipinski definition) is 0. The quantitative estimate of drug-likeness (QED) is 0.846. The van der Waals surface area contributed by atoms with Crippen molar-refractivity contribution in [3.63, 3.8) is 0 Å². The summed E-state index contributed by atoms with van der Waals surface area (Å²) in [6.45, 7) is 1.22. The summed E-state index contributed by atoms with van der Waals surface area (Å²) in [6, 6.07) is 2.34. The van der Waals surface area contributed by atoms with Crippen LogP contribution in [0, 0.1) is 5.92 Å². The molecule has 0 aromatic carbocycles. The molecule has 1 saturated heterocycles. The molecule has 3 heterocycles. The Morgan fingerprint density at radius 2 is 1.96 bits per heavy atom. The van der Waals surface area contributed by atoms with Gasteiger partial charge in [0.2, 0.25) is 5.91 Å². The highest BCUT2D eigenvalue weighted by atomic mass is 19.4. The molecule has 1 atom stereocenters. The topological polar surface area (TPSA) is 50.5 Å². The summed E-state index contributed by atoms with van der Waals surface area (Å²) in [5.41, 5.74) is -0.332. The van der Waals surface area contributed by atoms with Gasteiger partial charge < -0.3 is 4.90 Å². The third kappa shape index (κ3) is 2.74. The van der Waals surface area contributed by atoms with Gasteiger partial charge in [-0.05, 0) is 37.8 Å². The standard InChI is InChI=1S/C16H17F3N4O/c17-16(18,19)12-5-6-13-20-21-14(23(13)9-12)11-2-1-7-22(8-11)15(24)10-3-4-10/h5-6,9-11H,1-4,7-8H2/t11-/m1/s1. The molecule has 0 bridgehead atoms. The average molecular weight is 338 g/mol. The number of likely N-dealkylation sites (tertiary alicyclic amines) is 1. The van der Waals surface area contributed by atoms with Crippen molar-refractivity contribution in [1.82, 2.24) is 19.5 Å². The number of amides is 1. The van der Waals surface area contributed by atoms with Crippen LogP contribution in [-0.2, 0) is 11.0 Å². The normalized spacial score (nSPS) is 22.1. The number of rotatable bonds is 2. The smallest absolute Gasteiger partial charge is 0.342 e. The zero-order valence-electron chi connectivity index (χ0n) is 13.0. The van der Waals surface area contributed by atoms with Crippen LogP contribution in [0.3, 0.4) is 0 Å². The minimum Gasteiger partial charge on any atom is -0.342 e. The van der Waals surface area contributed by atoms with Gasteiger partial charge in [0.05, 0.1) is 5.56 Å². The highest BCUT2D eigenvalue weighted by Gasteiger charge is 2.37. The Labute approximate surface area is 136 Å². The van der Waals surface area contributed by atoms with E-state index in [9.17, 15) is 18.0 Å². The number of pyridine rings is 1. The molecule has 1 saturated carbocycles. The predicted octanol–water partition coefficient (Wildman–Crippen LogP) is 2.86. The van der Waals surface area contributed by atoms with Crippen molar-refractivity contribution < 1.29 is 18.0 Å². The first kappa shape index (κ1) is 15.4. The maximum Gasteiger partial charge on any atom is 0.417 e. The Bertz CT molecular complexity index is 781. The lowest BCUT2D eigenvalue weighted by Crippen LogP contribution is -2.40. The number of piperidine rings is 1. The first-order valence-electron chi connectivity index (χ1n) is 8.14. The fourth-order valence-electron chi connectivity index (χ4n) is 3.33. The summed E-state index contributed by atoms with van der Waals surface area (Å²) < 4.78 is 40.3. The van der Waals surface area contributed by atoms with Crippen molar-refractivity contribution >= 4 is 11.6 Å². The maximum atomic E-state index is 13.0. The van der Waals surface area contributed by atoms with Crippen molar-refractivity contribution in [2.24, 2.45) is 5.92 Å². The molecule has 2 aliphatic rings. The van der Waals surface area contributed by atoms with Crippen LogP contribution in [0.2, 0.25) is 0 Å². The van der Waals surface area contributed by atoms with E-state index in [0.29, 0.717) is 18.0 Å². The molecule has 5 nitrogen and oxygen atoms in total. The molecule has 128 valence electrons. The Morgan fingerprint density at radius 3 is 2.67 bits per heavy atom. The average Bonchev–Trinajstić information content (AvgIpc) is 3.32. The first-order chi connectivity index (χ1) is 11.4. The molecule has 0 radical (unpaired) electrons. The summed E-state index contributed by atoms with van der Waals surface area (Å²) in [7, 11) is 0. The van der Waals surface area contributed by atoms with Crippen LogP contribution in [-0.4, -0.2) is 38.5 Å². The molecule has 24 heavy (non-hydrogen) atoms. The second kappa shape index (κ2) is 5.46. The minimum absolute atomic E-state index is 0.0834. The lowest BCUT2D eigenvalue weighted by Gasteiger charge is -2.32. The van der Waals surface area contributed by atoms with Gasteiger partial charge in [-0.15, -0.1) is 10.2 Å². The molecule has 2 aromatic rings. The summed E-state index contributed by atoms with van der Waals surface area (Å²) in [5.74, 6) is 0.740. The van der Waals surface area contributed by atoms with Gasteiger partial charge in [0.25, 0.3) is 0 Å². The highest BCUT2D eigenvalue weighted by molar-refractivity contribution is 5.81. The Balaban J connectivity index is 1.64. The second-order valence-corrected chi connectivity index (χ2v) is 6.60. The van der Waals surface area contributed by atoms with Gasteiger partial charge in [0, 0.05) is 31.1 Å². The minimum atomic E-state index is -4.41. The molecule has 1 aliphatic heterocycles. The molecule has 1 amide bonds. The van der Waals surface area contributed by atoms with Gasteiger partial charge in [0.15, 0.2) is 5.65 Å². The molecule has 2 aromatic heterocycles. The van der Waals surface area contributed by atoms with E-state index in [-0.39, 0.29) is 17.7 Å². The molecular formula is C16H17F3N4O. The largest absolute Gasteiger partial charge is 0.417 e. The summed E-state index contributed by atoms with van der Waals surface area (Å²) in [5, 5.41) is 8.08. The second-order valence-electron chi connectivity index (χ2n) is 6.60. The Kier molecular flexibility index (Phi) is 3.51. The molecule has 0 N–H and O–H groups in total. The number of alkyl halides is 3. The first-order valence-corrected chi connectivity index (χ1v) is 8.14. The number of nitrogens with zero attached hydrogens (tertiary/aromatic N) is 4. The third-order valence-corrected chi connectivity index (χ3v) is 4.78. The maximum absolute atomic E-state index is 13.0. The van der Waals surface area contributed by atoms with E-state index >= 15 is 0 Å². The van der Waals surface area contributed by atoms with Crippen LogP contribution < -0.4 is 0 Å². The van der Waals surface area contributed by atoms with Crippen molar-refractivity contribution in [1.29, 1.82) is 0 Å². The fraction of sp³-hybridized carbons (Fsp3) is 0.562. The Hall–Kier alpha value is -2.12. The van der Waals surface area contributed by atoms with Crippen LogP contribution in [0.25, 0.3) is 5.65 Å². The van der Waals surface area contributed by atoms with E-state index < -0.39 is 11.7 Å². The zero-order chi connectivity index (χ0) is 16.9. The van der Waals surface area contributed by atoms with Gasteiger partial charge >= 0.3 is 6.18 Å². The van der Waals surface area contributed by atoms with E-state index in [4.69, 9.17) is 0 Å². The summed E-state index contributed by atoms with van der Waals surface area (Å²) in [4.78, 5) is 14.1. The molecule has 4 rings (SSSR count). The van der Waals surface area contributed by atoms with Gasteiger partial charge in [-0.2, -0.15) is 13.2 Å². The molecule has 2 fully saturated rings. The van der Waals surface area contributed by atoms with Crippen LogP contribution in [0.4, 0.5) is 13.2 Å². The number of aromatic nitrogens is 3. The third-order valence-electron chi connectivity index (χ3n) is 4.78. The van der Waals surface area contributed by atoms with E-state index in [2.05, 4.69) is 10.2 Å². The fourth-order valence-corrected chi connectivity index (χ4v) is 3.33. The van der Waals surface area contributed by atoms with E-state index in [1.54, 1.807) is 0 Å². The summed E-state index contributed by atoms with van der Waals surface area (Å²) in [6.07, 6.45) is 0.163. The number of halogens is 3. The van der Waals surface area contributed by atoms with Crippen molar-refractivity contribution in [2.45, 2.75) is 37.8 Å². The van der Waals surface area contributed by atoms with Crippen molar-refractivity contribution in [3.05, 3.63) is 29.7 Å². The number of carbonyl (C=O) groups excluding carboxylic acids is 1. The van der Waals surface area contributed by atoms with Crippen LogP contribution in [0.15, 0.2) is 18.3 Å². The van der Waals surface area contributed by atoms with Crippen LogP contribution in [0.5, 0.6) is 0 Å². The number of fused-ring (bicyclic) bond motifs is 1. The van der Waals surface area contributed by atoms with E-state index in [1.807, 2.05) is 4.90 Å². The lowest BCUT2D eigenvalue weighted by atomic mass is 9.96. The lowest BCUT2D eigenvalue weighted by molar-refractivity contribution is -0.138. The molecule has 8 heteroatoms. The van der Waals surface area contributed by atoms with E-state index in [1.165, 1.54) is 10.5 Å². The van der Waals surface area contributed by atoms with Gasteiger partial charge in [0.1, 0.15) is 5.82 Å². The predicted molar refractivity (Wildman–Crippen MR) is 79.3 cm³/mol. The highest BCUT2D eigenvalue weighted by Crippen LogP contribution is 2.35. The summed E-state index contributed by atoms with van der Waals surface area (Å²) >= 11 is 0. The number of carbonyl (C=O) groups is 1. The van der Waals surface area contributed by atoms with E-state index in [0.717, 1.165) is 44.5 Å². The number of hydrogen-bond acceptors (Lipinski definition) is 3. The SMILES string of the molecule is O=C(C1CC1)N1CCC[C@@H](c2nnc3ccc(C(F)(F)F)cn23)C1. The van der Waals surface area contributed by atoms with Crippen LogP contribution in [0.1, 0.15) is 43.0 Å². The van der Waals surface area contributed by atoms with Crippen molar-refractivity contribution in [2.75, 3.05) is 13.1 Å².